The smallest absolute Gasteiger partial charge is 0.276 e. The van der Waals surface area contributed by atoms with Crippen molar-refractivity contribution >= 4 is 21.6 Å². The Morgan fingerprint density at radius 2 is 2.16 bits per heavy atom. The first-order valence-electron chi connectivity index (χ1n) is 9.02. The van der Waals surface area contributed by atoms with Gasteiger partial charge >= 0.3 is 0 Å². The van der Waals surface area contributed by atoms with E-state index < -0.39 is 33.4 Å². The second-order valence-electron chi connectivity index (χ2n) is 7.36. The fourth-order valence-electron chi connectivity index (χ4n) is 2.84. The second-order valence-corrected chi connectivity index (χ2v) is 9.04. The van der Waals surface area contributed by atoms with Gasteiger partial charge in [-0.25, -0.2) is 12.8 Å². The summed E-state index contributed by atoms with van der Waals surface area (Å²) in [6.45, 7) is 2.71. The third-order valence-corrected chi connectivity index (χ3v) is 5.66. The molecule has 2 aromatic rings. The number of aliphatic hydroxyl groups is 1. The lowest BCUT2D eigenvalue weighted by atomic mass is 10.1. The lowest BCUT2D eigenvalue weighted by Gasteiger charge is -2.12. The van der Waals surface area contributed by atoms with Gasteiger partial charge in [-0.1, -0.05) is 11.8 Å². The second kappa shape index (κ2) is 8.04. The molecule has 0 fully saturated rings. The maximum atomic E-state index is 13.5. The predicted molar refractivity (Wildman–Crippen MR) is 108 cm³/mol. The maximum Gasteiger partial charge on any atom is 0.276 e. The summed E-state index contributed by atoms with van der Waals surface area (Å²) < 4.78 is 48.3. The molecule has 1 unspecified atom stereocenters. The standard InChI is InChI=1S/C20H19FN4O5S/c1-20(2,27)7-6-14-11-30-18-16(31(28,29)24-14)10-25(3)17(18)19(26)23-13-4-5-15(21)12(8-13)9-22/h4-5,8,10,14,24,27H,11H2,1-3H3,(H,23,26). The van der Waals surface area contributed by atoms with Crippen LogP contribution in [0.2, 0.25) is 0 Å². The van der Waals surface area contributed by atoms with E-state index in [2.05, 4.69) is 21.9 Å². The first-order chi connectivity index (χ1) is 14.4. The molecule has 162 valence electrons. The number of nitrogens with zero attached hydrogens (tertiary/aromatic N) is 2. The molecule has 3 N–H and O–H groups in total. The average Bonchev–Trinajstić information content (AvgIpc) is 2.96. The van der Waals surface area contributed by atoms with Gasteiger partial charge in [0.05, 0.1) is 5.56 Å². The Labute approximate surface area is 178 Å². The maximum absolute atomic E-state index is 13.5. The third-order valence-electron chi connectivity index (χ3n) is 4.20. The topological polar surface area (TPSA) is 133 Å². The molecular weight excluding hydrogens is 427 g/mol. The van der Waals surface area contributed by atoms with Gasteiger partial charge in [0.2, 0.25) is 10.0 Å². The molecule has 2 heterocycles. The van der Waals surface area contributed by atoms with Crippen LogP contribution in [0.15, 0.2) is 29.3 Å². The van der Waals surface area contributed by atoms with Crippen LogP contribution >= 0.6 is 0 Å². The number of halogens is 1. The van der Waals surface area contributed by atoms with Crippen molar-refractivity contribution in [3.05, 3.63) is 41.5 Å². The summed E-state index contributed by atoms with van der Waals surface area (Å²) in [6, 6.07) is 4.21. The van der Waals surface area contributed by atoms with Crippen LogP contribution in [0.25, 0.3) is 0 Å². The quantitative estimate of drug-likeness (QED) is 0.592. The van der Waals surface area contributed by atoms with Gasteiger partial charge in [-0.2, -0.15) is 9.98 Å². The summed E-state index contributed by atoms with van der Waals surface area (Å²) in [6.07, 6.45) is 1.23. The van der Waals surface area contributed by atoms with Crippen LogP contribution in [0.1, 0.15) is 29.9 Å². The molecule has 1 aliphatic heterocycles. The number of fused-ring (bicyclic) bond motifs is 1. The molecule has 31 heavy (non-hydrogen) atoms. The number of carbonyl (C=O) groups is 1. The Bertz CT molecular complexity index is 1260. The molecule has 0 spiro atoms. The fourth-order valence-corrected chi connectivity index (χ4v) is 4.16. The van der Waals surface area contributed by atoms with Gasteiger partial charge in [0.25, 0.3) is 5.91 Å². The number of sulfonamides is 1. The summed E-state index contributed by atoms with van der Waals surface area (Å²) in [5, 5.41) is 21.2. The monoisotopic (exact) mass is 446 g/mol. The summed E-state index contributed by atoms with van der Waals surface area (Å²) in [7, 11) is -2.60. The minimum absolute atomic E-state index is 0.0840. The molecule has 1 aromatic heterocycles. The lowest BCUT2D eigenvalue weighted by Crippen LogP contribution is -2.36. The predicted octanol–water partition coefficient (Wildman–Crippen LogP) is 1.10. The normalized spacial score (nSPS) is 17.2. The highest BCUT2D eigenvalue weighted by Gasteiger charge is 2.34. The fraction of sp³-hybridized carbons (Fsp3) is 0.300. The molecule has 1 atom stereocenters. The Morgan fingerprint density at radius 3 is 2.81 bits per heavy atom. The van der Waals surface area contributed by atoms with Crippen molar-refractivity contribution in [2.45, 2.75) is 30.4 Å². The van der Waals surface area contributed by atoms with E-state index in [-0.39, 0.29) is 34.2 Å². The van der Waals surface area contributed by atoms with Crippen LogP contribution in [0.4, 0.5) is 10.1 Å². The molecule has 9 nitrogen and oxygen atoms in total. The number of ether oxygens (including phenoxy) is 1. The minimum Gasteiger partial charge on any atom is -0.487 e. The van der Waals surface area contributed by atoms with Crippen molar-refractivity contribution in [3.63, 3.8) is 0 Å². The Balaban J connectivity index is 1.94. The van der Waals surface area contributed by atoms with E-state index >= 15 is 0 Å². The molecule has 0 bridgehead atoms. The van der Waals surface area contributed by atoms with Crippen LogP contribution < -0.4 is 14.8 Å². The molecule has 1 aromatic carbocycles. The first-order valence-corrected chi connectivity index (χ1v) is 10.5. The molecular formula is C20H19FN4O5S. The third kappa shape index (κ3) is 4.86. The molecule has 0 saturated heterocycles. The van der Waals surface area contributed by atoms with Crippen molar-refractivity contribution in [1.82, 2.24) is 9.29 Å². The number of aryl methyl sites for hydroxylation is 1. The number of hydrogen-bond acceptors (Lipinski definition) is 6. The number of nitrogens with one attached hydrogen (secondary N) is 2. The highest BCUT2D eigenvalue weighted by atomic mass is 32.2. The van der Waals surface area contributed by atoms with Crippen LogP contribution in [0, 0.1) is 29.0 Å². The van der Waals surface area contributed by atoms with Gasteiger partial charge in [-0.05, 0) is 32.0 Å². The number of anilines is 1. The van der Waals surface area contributed by atoms with Gasteiger partial charge in [0.1, 0.15) is 35.0 Å². The largest absolute Gasteiger partial charge is 0.487 e. The molecule has 0 radical (unpaired) electrons. The van der Waals surface area contributed by atoms with Crippen LogP contribution in [0.5, 0.6) is 5.75 Å². The van der Waals surface area contributed by atoms with Gasteiger partial charge in [0, 0.05) is 18.9 Å². The first kappa shape index (κ1) is 22.3. The molecule has 0 saturated carbocycles. The summed E-state index contributed by atoms with van der Waals surface area (Å²) in [5.41, 5.74) is -1.50. The SMILES string of the molecule is Cn1cc2c(c1C(=O)Nc1ccc(F)c(C#N)c1)OCC(C#CC(C)(C)O)NS2(=O)=O. The summed E-state index contributed by atoms with van der Waals surface area (Å²) >= 11 is 0. The Kier molecular flexibility index (Phi) is 5.79. The zero-order chi connectivity index (χ0) is 23.0. The van der Waals surface area contributed by atoms with Gasteiger partial charge in [-0.3, -0.25) is 4.79 Å². The Morgan fingerprint density at radius 1 is 1.45 bits per heavy atom. The number of aromatic nitrogens is 1. The van der Waals surface area contributed by atoms with Crippen LogP contribution in [0.3, 0.4) is 0 Å². The number of amides is 1. The van der Waals surface area contributed by atoms with E-state index in [1.54, 1.807) is 6.07 Å². The molecule has 1 amide bonds. The summed E-state index contributed by atoms with van der Waals surface area (Å²) in [4.78, 5) is 12.6. The van der Waals surface area contributed by atoms with E-state index in [9.17, 15) is 22.7 Å². The van der Waals surface area contributed by atoms with Crippen molar-refractivity contribution < 1.29 is 27.4 Å². The van der Waals surface area contributed by atoms with Crippen LogP contribution in [-0.2, 0) is 17.1 Å². The number of carbonyl (C=O) groups excluding carboxylic acids is 1. The van der Waals surface area contributed by atoms with Gasteiger partial charge < -0.3 is 19.7 Å². The van der Waals surface area contributed by atoms with Crippen molar-refractivity contribution in [2.24, 2.45) is 7.05 Å². The van der Waals surface area contributed by atoms with Crippen LogP contribution in [-0.4, -0.2) is 42.2 Å². The van der Waals surface area contributed by atoms with Gasteiger partial charge in [-0.15, -0.1) is 0 Å². The van der Waals surface area contributed by atoms with E-state index in [1.165, 1.54) is 37.7 Å². The number of benzene rings is 1. The number of hydrogen-bond donors (Lipinski definition) is 3. The van der Waals surface area contributed by atoms with Gasteiger partial charge in [0.15, 0.2) is 11.4 Å². The molecule has 3 rings (SSSR count). The van der Waals surface area contributed by atoms with Crippen molar-refractivity contribution in [3.8, 4) is 23.7 Å². The highest BCUT2D eigenvalue weighted by molar-refractivity contribution is 7.89. The Hall–Kier alpha value is -3.38. The zero-order valence-electron chi connectivity index (χ0n) is 16.9. The van der Waals surface area contributed by atoms with E-state index in [4.69, 9.17) is 10.00 Å². The minimum atomic E-state index is -4.07. The number of nitriles is 1. The molecule has 11 heteroatoms. The molecule has 1 aliphatic rings. The van der Waals surface area contributed by atoms with Crippen molar-refractivity contribution in [2.75, 3.05) is 11.9 Å². The zero-order valence-corrected chi connectivity index (χ0v) is 17.7. The van der Waals surface area contributed by atoms with Crippen molar-refractivity contribution in [1.29, 1.82) is 5.26 Å². The average molecular weight is 446 g/mol. The molecule has 0 aliphatic carbocycles. The van der Waals surface area contributed by atoms with E-state index in [0.717, 1.165) is 12.1 Å². The van der Waals surface area contributed by atoms with E-state index in [1.807, 2.05) is 0 Å². The van der Waals surface area contributed by atoms with E-state index in [0.29, 0.717) is 0 Å². The summed E-state index contributed by atoms with van der Waals surface area (Å²) in [5.74, 6) is 3.54. The lowest BCUT2D eigenvalue weighted by molar-refractivity contribution is 0.101. The number of rotatable bonds is 2. The highest BCUT2D eigenvalue weighted by Crippen LogP contribution is 2.32.